The zero-order chi connectivity index (χ0) is 15.0. The lowest BCUT2D eigenvalue weighted by atomic mass is 10.1. The van der Waals surface area contributed by atoms with Crippen molar-refractivity contribution in [3.63, 3.8) is 0 Å². The van der Waals surface area contributed by atoms with Crippen LogP contribution in [0.4, 0.5) is 10.1 Å². The Balaban J connectivity index is 1.93. The summed E-state index contributed by atoms with van der Waals surface area (Å²) in [6.07, 6.45) is 0. The number of benzene rings is 2. The highest BCUT2D eigenvalue weighted by molar-refractivity contribution is 5.82. The largest absolute Gasteiger partial charge is 0.459 e. The molecule has 1 N–H and O–H groups in total. The van der Waals surface area contributed by atoms with Crippen LogP contribution in [0.3, 0.4) is 0 Å². The monoisotopic (exact) mass is 283 g/mol. The molecule has 2 aromatic carbocycles. The van der Waals surface area contributed by atoms with Gasteiger partial charge in [0, 0.05) is 10.9 Å². The van der Waals surface area contributed by atoms with E-state index in [1.165, 1.54) is 6.07 Å². The van der Waals surface area contributed by atoms with Crippen molar-refractivity contribution < 1.29 is 8.81 Å². The van der Waals surface area contributed by atoms with Crippen LogP contribution in [-0.4, -0.2) is 0 Å². The van der Waals surface area contributed by atoms with Crippen LogP contribution in [0, 0.1) is 19.7 Å². The average Bonchev–Trinajstić information content (AvgIpc) is 2.80. The Bertz CT molecular complexity index is 791. The molecule has 0 saturated carbocycles. The molecule has 3 aromatic rings. The summed E-state index contributed by atoms with van der Waals surface area (Å²) in [6, 6.07) is 13.0. The molecule has 0 aliphatic carbocycles. The van der Waals surface area contributed by atoms with E-state index in [0.717, 1.165) is 27.9 Å². The number of furan rings is 1. The molecule has 1 heterocycles. The van der Waals surface area contributed by atoms with Gasteiger partial charge in [-0.2, -0.15) is 0 Å². The van der Waals surface area contributed by atoms with Gasteiger partial charge in [-0.15, -0.1) is 0 Å². The Morgan fingerprint density at radius 2 is 1.86 bits per heavy atom. The van der Waals surface area contributed by atoms with Crippen molar-refractivity contribution in [1.82, 2.24) is 0 Å². The van der Waals surface area contributed by atoms with E-state index in [0.29, 0.717) is 5.69 Å². The highest BCUT2D eigenvalue weighted by atomic mass is 19.1. The Morgan fingerprint density at radius 1 is 1.10 bits per heavy atom. The zero-order valence-electron chi connectivity index (χ0n) is 12.4. The molecule has 0 saturated heterocycles. The van der Waals surface area contributed by atoms with E-state index in [1.54, 1.807) is 6.07 Å². The predicted octanol–water partition coefficient (Wildman–Crippen LogP) is 5.36. The maximum atomic E-state index is 13.9. The van der Waals surface area contributed by atoms with E-state index >= 15 is 0 Å². The molecular weight excluding hydrogens is 265 g/mol. The van der Waals surface area contributed by atoms with Crippen molar-refractivity contribution in [3.05, 3.63) is 65.2 Å². The number of aryl methyl sites for hydroxylation is 2. The van der Waals surface area contributed by atoms with E-state index in [-0.39, 0.29) is 11.9 Å². The van der Waals surface area contributed by atoms with E-state index in [9.17, 15) is 4.39 Å². The summed E-state index contributed by atoms with van der Waals surface area (Å²) in [6.45, 7) is 5.88. The average molecular weight is 283 g/mol. The molecule has 0 fully saturated rings. The number of hydrogen-bond acceptors (Lipinski definition) is 2. The lowest BCUT2D eigenvalue weighted by Crippen LogP contribution is -2.08. The second-order valence-electron chi connectivity index (χ2n) is 5.44. The van der Waals surface area contributed by atoms with Gasteiger partial charge in [-0.25, -0.2) is 4.39 Å². The molecule has 0 bridgehead atoms. The van der Waals surface area contributed by atoms with Gasteiger partial charge in [-0.05, 0) is 44.5 Å². The Morgan fingerprint density at radius 3 is 2.57 bits per heavy atom. The third-order valence-corrected chi connectivity index (χ3v) is 3.77. The third kappa shape index (κ3) is 2.51. The van der Waals surface area contributed by atoms with Crippen molar-refractivity contribution in [3.8, 4) is 0 Å². The van der Waals surface area contributed by atoms with Crippen LogP contribution in [0.5, 0.6) is 0 Å². The van der Waals surface area contributed by atoms with E-state index in [4.69, 9.17) is 4.42 Å². The molecule has 1 atom stereocenters. The molecule has 21 heavy (non-hydrogen) atoms. The number of rotatable bonds is 3. The van der Waals surface area contributed by atoms with E-state index in [2.05, 4.69) is 5.32 Å². The number of halogens is 1. The molecular formula is C18H18FNO. The minimum absolute atomic E-state index is 0.102. The van der Waals surface area contributed by atoms with Crippen molar-refractivity contribution in [1.29, 1.82) is 0 Å². The SMILES string of the molecule is Cc1ccc(NC(C)c2oc3ccccc3c2C)c(F)c1. The van der Waals surface area contributed by atoms with Crippen molar-refractivity contribution in [2.24, 2.45) is 0 Å². The first-order chi connectivity index (χ1) is 10.1. The molecule has 0 aliphatic heterocycles. The molecule has 0 aliphatic rings. The van der Waals surface area contributed by atoms with Gasteiger partial charge in [-0.1, -0.05) is 24.3 Å². The standard InChI is InChI=1S/C18H18FNO/c1-11-8-9-16(15(19)10-11)20-13(3)18-12(2)14-6-4-5-7-17(14)21-18/h4-10,13,20H,1-3H3. The highest BCUT2D eigenvalue weighted by Gasteiger charge is 2.17. The summed E-state index contributed by atoms with van der Waals surface area (Å²) in [7, 11) is 0. The zero-order valence-corrected chi connectivity index (χ0v) is 12.4. The first kappa shape index (κ1) is 13.7. The summed E-state index contributed by atoms with van der Waals surface area (Å²) >= 11 is 0. The fourth-order valence-corrected chi connectivity index (χ4v) is 2.64. The fourth-order valence-electron chi connectivity index (χ4n) is 2.64. The molecule has 108 valence electrons. The lowest BCUT2D eigenvalue weighted by Gasteiger charge is -2.15. The predicted molar refractivity (Wildman–Crippen MR) is 84.1 cm³/mol. The third-order valence-electron chi connectivity index (χ3n) is 3.77. The molecule has 0 spiro atoms. The van der Waals surface area contributed by atoms with Crippen molar-refractivity contribution in [2.75, 3.05) is 5.32 Å². The molecule has 1 unspecified atom stereocenters. The second kappa shape index (κ2) is 5.24. The number of hydrogen-bond donors (Lipinski definition) is 1. The van der Waals surface area contributed by atoms with Crippen LogP contribution in [-0.2, 0) is 0 Å². The van der Waals surface area contributed by atoms with Crippen molar-refractivity contribution >= 4 is 16.7 Å². The van der Waals surface area contributed by atoms with Crippen LogP contribution in [0.2, 0.25) is 0 Å². The maximum absolute atomic E-state index is 13.9. The quantitative estimate of drug-likeness (QED) is 0.699. The van der Waals surface area contributed by atoms with Gasteiger partial charge < -0.3 is 9.73 Å². The minimum atomic E-state index is -0.240. The first-order valence-electron chi connectivity index (χ1n) is 7.07. The Hall–Kier alpha value is -2.29. The minimum Gasteiger partial charge on any atom is -0.459 e. The molecule has 0 amide bonds. The van der Waals surface area contributed by atoms with Gasteiger partial charge in [0.15, 0.2) is 0 Å². The first-order valence-corrected chi connectivity index (χ1v) is 7.07. The van der Waals surface area contributed by atoms with Gasteiger partial charge in [0.05, 0.1) is 11.7 Å². The number of anilines is 1. The highest BCUT2D eigenvalue weighted by Crippen LogP contribution is 2.31. The fraction of sp³-hybridized carbons (Fsp3) is 0.222. The summed E-state index contributed by atoms with van der Waals surface area (Å²) < 4.78 is 19.8. The molecule has 2 nitrogen and oxygen atoms in total. The summed E-state index contributed by atoms with van der Waals surface area (Å²) in [5.74, 6) is 0.604. The van der Waals surface area contributed by atoms with Crippen LogP contribution in [0.1, 0.15) is 29.9 Å². The Kier molecular flexibility index (Phi) is 3.42. The van der Waals surface area contributed by atoms with Crippen molar-refractivity contribution in [2.45, 2.75) is 26.8 Å². The summed E-state index contributed by atoms with van der Waals surface area (Å²) in [4.78, 5) is 0. The second-order valence-corrected chi connectivity index (χ2v) is 5.44. The van der Waals surface area contributed by atoms with Gasteiger partial charge >= 0.3 is 0 Å². The van der Waals surface area contributed by atoms with E-state index < -0.39 is 0 Å². The van der Waals surface area contributed by atoms with Gasteiger partial charge in [-0.3, -0.25) is 0 Å². The maximum Gasteiger partial charge on any atom is 0.146 e. The summed E-state index contributed by atoms with van der Waals surface area (Å²) in [5, 5.41) is 4.29. The normalized spacial score (nSPS) is 12.6. The van der Waals surface area contributed by atoms with Gasteiger partial charge in [0.2, 0.25) is 0 Å². The molecule has 3 rings (SSSR count). The molecule has 3 heteroatoms. The van der Waals surface area contributed by atoms with E-state index in [1.807, 2.05) is 51.1 Å². The topological polar surface area (TPSA) is 25.2 Å². The van der Waals surface area contributed by atoms with Crippen LogP contribution >= 0.6 is 0 Å². The van der Waals surface area contributed by atoms with Crippen LogP contribution < -0.4 is 5.32 Å². The molecule has 1 aromatic heterocycles. The molecule has 0 radical (unpaired) electrons. The van der Waals surface area contributed by atoms with Crippen LogP contribution in [0.25, 0.3) is 11.0 Å². The number of fused-ring (bicyclic) bond motifs is 1. The lowest BCUT2D eigenvalue weighted by molar-refractivity contribution is 0.520. The van der Waals surface area contributed by atoms with Gasteiger partial charge in [0.25, 0.3) is 0 Å². The van der Waals surface area contributed by atoms with Gasteiger partial charge in [0.1, 0.15) is 17.2 Å². The smallest absolute Gasteiger partial charge is 0.146 e. The number of para-hydroxylation sites is 1. The Labute approximate surface area is 123 Å². The summed E-state index contributed by atoms with van der Waals surface area (Å²) in [5.41, 5.74) is 3.36. The van der Waals surface area contributed by atoms with Crippen LogP contribution in [0.15, 0.2) is 46.9 Å². The number of nitrogens with one attached hydrogen (secondary N) is 1.